The number of hydrogen-bond acceptors (Lipinski definition) is 4. The SMILES string of the molecule is Cc1nnc(CN2CCCCC2CN)n1C. The zero-order chi connectivity index (χ0) is 11.5. The molecule has 2 rings (SSSR count). The van der Waals surface area contributed by atoms with E-state index in [2.05, 4.69) is 19.7 Å². The number of rotatable bonds is 3. The first-order valence-electron chi connectivity index (χ1n) is 6.01. The number of nitrogens with two attached hydrogens (primary N) is 1. The number of hydrogen-bond donors (Lipinski definition) is 1. The van der Waals surface area contributed by atoms with Gasteiger partial charge in [0.25, 0.3) is 0 Å². The van der Waals surface area contributed by atoms with Crippen LogP contribution in [-0.4, -0.2) is 38.8 Å². The maximum absolute atomic E-state index is 5.81. The number of aryl methyl sites for hydroxylation is 1. The van der Waals surface area contributed by atoms with Crippen molar-refractivity contribution in [2.24, 2.45) is 12.8 Å². The zero-order valence-corrected chi connectivity index (χ0v) is 10.2. The van der Waals surface area contributed by atoms with Crippen molar-refractivity contribution in [2.75, 3.05) is 13.1 Å². The van der Waals surface area contributed by atoms with E-state index in [0.717, 1.165) is 31.3 Å². The summed E-state index contributed by atoms with van der Waals surface area (Å²) >= 11 is 0. The van der Waals surface area contributed by atoms with Gasteiger partial charge in [-0.3, -0.25) is 4.90 Å². The first-order chi connectivity index (χ1) is 7.72. The third-order valence-corrected chi connectivity index (χ3v) is 3.55. The van der Waals surface area contributed by atoms with Gasteiger partial charge >= 0.3 is 0 Å². The average Bonchev–Trinajstić information content (AvgIpc) is 2.62. The maximum Gasteiger partial charge on any atom is 0.146 e. The van der Waals surface area contributed by atoms with Crippen molar-refractivity contribution in [1.82, 2.24) is 19.7 Å². The highest BCUT2D eigenvalue weighted by molar-refractivity contribution is 4.94. The van der Waals surface area contributed by atoms with Gasteiger partial charge in [-0.1, -0.05) is 6.42 Å². The zero-order valence-electron chi connectivity index (χ0n) is 10.2. The Morgan fingerprint density at radius 1 is 1.38 bits per heavy atom. The highest BCUT2D eigenvalue weighted by Gasteiger charge is 2.22. The lowest BCUT2D eigenvalue weighted by atomic mass is 10.0. The van der Waals surface area contributed by atoms with Crippen molar-refractivity contribution in [3.63, 3.8) is 0 Å². The summed E-state index contributed by atoms with van der Waals surface area (Å²) in [5.41, 5.74) is 5.81. The lowest BCUT2D eigenvalue weighted by molar-refractivity contribution is 0.140. The van der Waals surface area contributed by atoms with Gasteiger partial charge in [0.2, 0.25) is 0 Å². The fourth-order valence-corrected chi connectivity index (χ4v) is 2.31. The summed E-state index contributed by atoms with van der Waals surface area (Å²) in [6.07, 6.45) is 3.79. The van der Waals surface area contributed by atoms with Gasteiger partial charge in [-0.05, 0) is 26.3 Å². The summed E-state index contributed by atoms with van der Waals surface area (Å²) < 4.78 is 2.06. The van der Waals surface area contributed by atoms with E-state index in [-0.39, 0.29) is 0 Å². The van der Waals surface area contributed by atoms with Crippen LogP contribution in [0.3, 0.4) is 0 Å². The molecule has 1 aromatic rings. The second kappa shape index (κ2) is 4.93. The highest BCUT2D eigenvalue weighted by Crippen LogP contribution is 2.18. The van der Waals surface area contributed by atoms with E-state index < -0.39 is 0 Å². The van der Waals surface area contributed by atoms with Gasteiger partial charge < -0.3 is 10.3 Å². The quantitative estimate of drug-likeness (QED) is 0.807. The van der Waals surface area contributed by atoms with Gasteiger partial charge in [-0.25, -0.2) is 0 Å². The Morgan fingerprint density at radius 2 is 2.19 bits per heavy atom. The van der Waals surface area contributed by atoms with Crippen LogP contribution in [0.5, 0.6) is 0 Å². The van der Waals surface area contributed by atoms with Gasteiger partial charge in [0.15, 0.2) is 0 Å². The minimum Gasteiger partial charge on any atom is -0.329 e. The minimum absolute atomic E-state index is 0.519. The molecule has 0 bridgehead atoms. The Kier molecular flexibility index (Phi) is 3.56. The highest BCUT2D eigenvalue weighted by atomic mass is 15.3. The number of likely N-dealkylation sites (tertiary alicyclic amines) is 1. The molecule has 1 unspecified atom stereocenters. The molecular formula is C11H21N5. The molecule has 2 N–H and O–H groups in total. The fraction of sp³-hybridized carbons (Fsp3) is 0.818. The van der Waals surface area contributed by atoms with Crippen molar-refractivity contribution in [3.8, 4) is 0 Å². The van der Waals surface area contributed by atoms with Crippen molar-refractivity contribution in [1.29, 1.82) is 0 Å². The summed E-state index contributed by atoms with van der Waals surface area (Å²) in [6.45, 7) is 4.73. The Balaban J connectivity index is 2.05. The molecule has 0 saturated carbocycles. The second-order valence-corrected chi connectivity index (χ2v) is 4.58. The Labute approximate surface area is 96.6 Å². The molecule has 2 heterocycles. The Hall–Kier alpha value is -0.940. The predicted molar refractivity (Wildman–Crippen MR) is 62.8 cm³/mol. The van der Waals surface area contributed by atoms with Crippen LogP contribution in [0.4, 0.5) is 0 Å². The van der Waals surface area contributed by atoms with Crippen LogP contribution < -0.4 is 5.73 Å². The maximum atomic E-state index is 5.81. The predicted octanol–water partition coefficient (Wildman–Crippen LogP) is 0.437. The molecule has 5 nitrogen and oxygen atoms in total. The molecule has 0 spiro atoms. The Bertz CT molecular complexity index is 346. The van der Waals surface area contributed by atoms with Gasteiger partial charge in [-0.2, -0.15) is 0 Å². The van der Waals surface area contributed by atoms with E-state index in [1.807, 2.05) is 14.0 Å². The van der Waals surface area contributed by atoms with Gasteiger partial charge in [0.05, 0.1) is 6.54 Å². The van der Waals surface area contributed by atoms with Gasteiger partial charge in [-0.15, -0.1) is 10.2 Å². The summed E-state index contributed by atoms with van der Waals surface area (Å²) in [5, 5.41) is 8.30. The topological polar surface area (TPSA) is 60.0 Å². The lowest BCUT2D eigenvalue weighted by Gasteiger charge is -2.34. The molecule has 16 heavy (non-hydrogen) atoms. The van der Waals surface area contributed by atoms with Crippen molar-refractivity contribution < 1.29 is 0 Å². The average molecular weight is 223 g/mol. The Morgan fingerprint density at radius 3 is 2.81 bits per heavy atom. The molecule has 5 heteroatoms. The van der Waals surface area contributed by atoms with E-state index in [4.69, 9.17) is 5.73 Å². The lowest BCUT2D eigenvalue weighted by Crippen LogP contribution is -2.43. The largest absolute Gasteiger partial charge is 0.329 e. The standard InChI is InChI=1S/C11H21N5/c1-9-13-14-11(15(9)2)8-16-6-4-3-5-10(16)7-12/h10H,3-8,12H2,1-2H3. The van der Waals surface area contributed by atoms with Crippen LogP contribution in [0.15, 0.2) is 0 Å². The number of piperidine rings is 1. The van der Waals surface area contributed by atoms with E-state index >= 15 is 0 Å². The summed E-state index contributed by atoms with van der Waals surface area (Å²) in [5.74, 6) is 2.01. The first kappa shape index (κ1) is 11.5. The molecule has 1 saturated heterocycles. The van der Waals surface area contributed by atoms with Crippen molar-refractivity contribution in [3.05, 3.63) is 11.6 Å². The number of nitrogens with zero attached hydrogens (tertiary/aromatic N) is 4. The molecule has 0 amide bonds. The summed E-state index contributed by atoms with van der Waals surface area (Å²) in [4.78, 5) is 2.44. The molecule has 1 fully saturated rings. The third-order valence-electron chi connectivity index (χ3n) is 3.55. The molecular weight excluding hydrogens is 202 g/mol. The van der Waals surface area contributed by atoms with E-state index in [1.165, 1.54) is 19.3 Å². The third kappa shape index (κ3) is 2.25. The monoisotopic (exact) mass is 223 g/mol. The fourth-order valence-electron chi connectivity index (χ4n) is 2.31. The molecule has 1 aliphatic rings. The smallest absolute Gasteiger partial charge is 0.146 e. The first-order valence-corrected chi connectivity index (χ1v) is 6.01. The molecule has 1 aliphatic heterocycles. The molecule has 90 valence electrons. The van der Waals surface area contributed by atoms with Crippen molar-refractivity contribution >= 4 is 0 Å². The molecule has 0 aliphatic carbocycles. The second-order valence-electron chi connectivity index (χ2n) is 4.58. The van der Waals surface area contributed by atoms with Crippen LogP contribution >= 0.6 is 0 Å². The summed E-state index contributed by atoms with van der Waals surface area (Å²) in [7, 11) is 2.02. The van der Waals surface area contributed by atoms with Crippen LogP contribution in [-0.2, 0) is 13.6 Å². The molecule has 0 aromatic carbocycles. The molecule has 1 atom stereocenters. The van der Waals surface area contributed by atoms with Gasteiger partial charge in [0.1, 0.15) is 11.6 Å². The van der Waals surface area contributed by atoms with E-state index in [9.17, 15) is 0 Å². The van der Waals surface area contributed by atoms with Gasteiger partial charge in [0, 0.05) is 19.6 Å². The number of aromatic nitrogens is 3. The normalized spacial score (nSPS) is 22.6. The van der Waals surface area contributed by atoms with Crippen LogP contribution in [0, 0.1) is 6.92 Å². The molecule has 1 aromatic heterocycles. The van der Waals surface area contributed by atoms with Crippen molar-refractivity contribution in [2.45, 2.75) is 38.8 Å². The van der Waals surface area contributed by atoms with Crippen LogP contribution in [0.2, 0.25) is 0 Å². The minimum atomic E-state index is 0.519. The van der Waals surface area contributed by atoms with E-state index in [1.54, 1.807) is 0 Å². The van der Waals surface area contributed by atoms with Crippen LogP contribution in [0.25, 0.3) is 0 Å². The molecule has 0 radical (unpaired) electrons. The van der Waals surface area contributed by atoms with E-state index in [0.29, 0.717) is 6.04 Å². The van der Waals surface area contributed by atoms with Crippen LogP contribution in [0.1, 0.15) is 30.9 Å². The summed E-state index contributed by atoms with van der Waals surface area (Å²) in [6, 6.07) is 0.519.